The van der Waals surface area contributed by atoms with Gasteiger partial charge in [-0.05, 0) is 72.8 Å². The fourth-order valence-electron chi connectivity index (χ4n) is 6.07. The summed E-state index contributed by atoms with van der Waals surface area (Å²) < 4.78 is 1.86. The Morgan fingerprint density at radius 2 is 2.07 bits per heavy atom. The lowest BCUT2D eigenvalue weighted by molar-refractivity contribution is 0.244. The first kappa shape index (κ1) is 15.2. The number of nitrogens with zero attached hydrogens (tertiary/aromatic N) is 3. The molecule has 2 saturated carbocycles. The number of fused-ring (bicyclic) bond motifs is 8. The number of nitrogens with one attached hydrogen (secondary N) is 2. The summed E-state index contributed by atoms with van der Waals surface area (Å²) in [5, 5.41) is 16.6. The maximum absolute atomic E-state index is 7.94. The second-order valence-electron chi connectivity index (χ2n) is 8.22. The van der Waals surface area contributed by atoms with Crippen LogP contribution in [-0.4, -0.2) is 20.8 Å². The number of hydrogen-bond acceptors (Lipinski definition) is 5. The summed E-state index contributed by atoms with van der Waals surface area (Å²) in [6.07, 6.45) is 9.01. The van der Waals surface area contributed by atoms with E-state index in [1.54, 1.807) is 6.20 Å². The van der Waals surface area contributed by atoms with Crippen LogP contribution in [0, 0.1) is 23.2 Å². The topological polar surface area (TPSA) is 92.1 Å². The Bertz CT molecular complexity index is 1070. The molecular weight excluding hydrogens is 336 g/mol. The van der Waals surface area contributed by atoms with Crippen LogP contribution in [-0.2, 0) is 0 Å². The van der Waals surface area contributed by atoms with E-state index in [1.165, 1.54) is 31.0 Å². The number of rotatable bonds is 2. The Hall–Kier alpha value is -2.89. The zero-order valence-electron chi connectivity index (χ0n) is 15.0. The molecule has 3 aromatic rings. The second kappa shape index (κ2) is 5.31. The molecule has 3 aliphatic rings. The summed E-state index contributed by atoms with van der Waals surface area (Å²) in [5.74, 6) is 2.38. The molecule has 6 rings (SSSR count). The van der Waals surface area contributed by atoms with Crippen LogP contribution in [0.25, 0.3) is 5.65 Å². The molecule has 27 heavy (non-hydrogen) atoms. The van der Waals surface area contributed by atoms with Crippen molar-refractivity contribution in [2.45, 2.75) is 31.2 Å². The van der Waals surface area contributed by atoms with Crippen LogP contribution in [0.15, 0.2) is 36.7 Å². The average Bonchev–Trinajstić information content (AvgIpc) is 3.42. The van der Waals surface area contributed by atoms with Gasteiger partial charge in [-0.1, -0.05) is 0 Å². The monoisotopic (exact) mass is 358 g/mol. The molecule has 5 atom stereocenters. The number of anilines is 2. The van der Waals surface area contributed by atoms with E-state index >= 15 is 0 Å². The van der Waals surface area contributed by atoms with Gasteiger partial charge in [0.15, 0.2) is 5.65 Å². The predicted octanol–water partition coefficient (Wildman–Crippen LogP) is 3.61. The Morgan fingerprint density at radius 1 is 1.19 bits per heavy atom. The molecular formula is C21H22N6. The minimum absolute atomic E-state index is 0.187. The van der Waals surface area contributed by atoms with Gasteiger partial charge in [0.05, 0.1) is 11.7 Å². The highest BCUT2D eigenvalue weighted by molar-refractivity contribution is 5.91. The van der Waals surface area contributed by atoms with Crippen molar-refractivity contribution in [1.82, 2.24) is 14.6 Å². The summed E-state index contributed by atoms with van der Waals surface area (Å²) in [6, 6.07) is 8.36. The molecule has 0 radical (unpaired) electrons. The summed E-state index contributed by atoms with van der Waals surface area (Å²) in [4.78, 5) is 4.32. The lowest BCUT2D eigenvalue weighted by Crippen LogP contribution is -2.37. The number of nitrogen functional groups attached to an aromatic ring is 1. The Balaban J connectivity index is 1.54. The van der Waals surface area contributed by atoms with E-state index in [0.29, 0.717) is 29.4 Å². The molecule has 2 fully saturated rings. The molecule has 0 saturated heterocycles. The zero-order chi connectivity index (χ0) is 18.1. The fourth-order valence-corrected chi connectivity index (χ4v) is 6.07. The quantitative estimate of drug-likeness (QED) is 0.482. The first-order valence-corrected chi connectivity index (χ1v) is 9.74. The number of benzene rings is 1. The van der Waals surface area contributed by atoms with Crippen molar-refractivity contribution < 1.29 is 0 Å². The van der Waals surface area contributed by atoms with Crippen molar-refractivity contribution in [3.8, 4) is 0 Å². The number of aromatic nitrogens is 3. The Morgan fingerprint density at radius 3 is 2.96 bits per heavy atom. The highest BCUT2D eigenvalue weighted by Crippen LogP contribution is 2.64. The highest BCUT2D eigenvalue weighted by Gasteiger charge is 2.54. The molecule has 3 heterocycles. The molecule has 6 heteroatoms. The third-order valence-corrected chi connectivity index (χ3v) is 7.07. The van der Waals surface area contributed by atoms with E-state index in [2.05, 4.69) is 22.4 Å². The largest absolute Gasteiger partial charge is 0.398 e. The van der Waals surface area contributed by atoms with E-state index < -0.39 is 0 Å². The molecule has 2 bridgehead atoms. The predicted molar refractivity (Wildman–Crippen MR) is 105 cm³/mol. The van der Waals surface area contributed by atoms with Gasteiger partial charge in [-0.15, -0.1) is 0 Å². The van der Waals surface area contributed by atoms with Gasteiger partial charge in [-0.3, -0.25) is 0 Å². The van der Waals surface area contributed by atoms with Crippen LogP contribution in [0.3, 0.4) is 0 Å². The van der Waals surface area contributed by atoms with Gasteiger partial charge >= 0.3 is 0 Å². The van der Waals surface area contributed by atoms with E-state index in [1.807, 2.05) is 22.8 Å². The first-order chi connectivity index (χ1) is 13.2. The summed E-state index contributed by atoms with van der Waals surface area (Å²) in [5.41, 5.74) is 12.2. The Labute approximate surface area is 157 Å². The minimum Gasteiger partial charge on any atom is -0.398 e. The van der Waals surface area contributed by atoms with Crippen LogP contribution < -0.4 is 11.1 Å². The second-order valence-corrected chi connectivity index (χ2v) is 8.22. The maximum atomic E-state index is 7.94. The molecule has 0 amide bonds. The van der Waals surface area contributed by atoms with E-state index in [0.717, 1.165) is 22.6 Å². The van der Waals surface area contributed by atoms with Gasteiger partial charge in [0.25, 0.3) is 0 Å². The van der Waals surface area contributed by atoms with E-state index in [4.69, 9.17) is 16.2 Å². The Kier molecular flexibility index (Phi) is 2.99. The number of imidazole rings is 1. The number of nitrogens with two attached hydrogens (primary N) is 1. The van der Waals surface area contributed by atoms with Crippen molar-refractivity contribution in [3.63, 3.8) is 0 Å². The average molecular weight is 358 g/mol. The highest BCUT2D eigenvalue weighted by atomic mass is 15.3. The standard InChI is InChI=1S/C21H22N6/c22-10-13-14(23)3-4-15-20(13)18-11-1-2-12(9-11)19(18)21(25-15)16-5-6-17-24-7-8-27(17)26-16/h3-8,10-12,18-19,21-22,25H,1-2,9,23H2. The molecule has 2 aromatic heterocycles. The van der Waals surface area contributed by atoms with Gasteiger partial charge < -0.3 is 16.5 Å². The lowest BCUT2D eigenvalue weighted by atomic mass is 9.67. The molecule has 5 unspecified atom stereocenters. The fraction of sp³-hybridized carbons (Fsp3) is 0.381. The number of hydrogen-bond donors (Lipinski definition) is 3. The van der Waals surface area contributed by atoms with Gasteiger partial charge in [-0.25, -0.2) is 9.50 Å². The zero-order valence-corrected chi connectivity index (χ0v) is 15.0. The van der Waals surface area contributed by atoms with Gasteiger partial charge in [0.2, 0.25) is 0 Å². The van der Waals surface area contributed by atoms with Crippen molar-refractivity contribution in [2.24, 2.45) is 17.8 Å². The summed E-state index contributed by atoms with van der Waals surface area (Å²) in [6.45, 7) is 0. The van der Waals surface area contributed by atoms with Gasteiger partial charge in [0, 0.05) is 35.5 Å². The molecule has 2 aliphatic carbocycles. The van der Waals surface area contributed by atoms with E-state index in [-0.39, 0.29) is 6.04 Å². The van der Waals surface area contributed by atoms with Crippen LogP contribution in [0.1, 0.15) is 48.0 Å². The van der Waals surface area contributed by atoms with Crippen LogP contribution in [0.4, 0.5) is 11.4 Å². The summed E-state index contributed by atoms with van der Waals surface area (Å²) >= 11 is 0. The van der Waals surface area contributed by atoms with Gasteiger partial charge in [-0.2, -0.15) is 5.10 Å². The third kappa shape index (κ3) is 1.98. The normalized spacial score (nSPS) is 30.7. The van der Waals surface area contributed by atoms with E-state index in [9.17, 15) is 0 Å². The molecule has 0 spiro atoms. The van der Waals surface area contributed by atoms with Crippen molar-refractivity contribution >= 4 is 23.2 Å². The van der Waals surface area contributed by atoms with Crippen molar-refractivity contribution in [1.29, 1.82) is 5.41 Å². The molecule has 1 aliphatic heterocycles. The van der Waals surface area contributed by atoms with Gasteiger partial charge in [0.1, 0.15) is 0 Å². The third-order valence-electron chi connectivity index (χ3n) is 7.07. The maximum Gasteiger partial charge on any atom is 0.153 e. The molecule has 4 N–H and O–H groups in total. The smallest absolute Gasteiger partial charge is 0.153 e. The van der Waals surface area contributed by atoms with Crippen LogP contribution in [0.5, 0.6) is 0 Å². The summed E-state index contributed by atoms with van der Waals surface area (Å²) in [7, 11) is 0. The van der Waals surface area contributed by atoms with Crippen molar-refractivity contribution in [2.75, 3.05) is 11.1 Å². The lowest BCUT2D eigenvalue weighted by Gasteiger charge is -2.43. The van der Waals surface area contributed by atoms with Crippen molar-refractivity contribution in [3.05, 3.63) is 53.5 Å². The molecule has 136 valence electrons. The minimum atomic E-state index is 0.187. The molecule has 1 aromatic carbocycles. The first-order valence-electron chi connectivity index (χ1n) is 9.74. The van der Waals surface area contributed by atoms with Crippen LogP contribution >= 0.6 is 0 Å². The molecule has 6 nitrogen and oxygen atoms in total. The SMILES string of the molecule is N=Cc1c(N)ccc2c1C1C3CCC(C3)C1C(c1ccc3nccn3n1)N2. The van der Waals surface area contributed by atoms with Crippen LogP contribution in [0.2, 0.25) is 0 Å².